The molecule has 0 aliphatic heterocycles. The highest BCUT2D eigenvalue weighted by Gasteiger charge is 2.25. The van der Waals surface area contributed by atoms with Crippen molar-refractivity contribution in [2.45, 2.75) is 52.6 Å². The van der Waals surface area contributed by atoms with E-state index in [1.54, 1.807) is 18.9 Å². The van der Waals surface area contributed by atoms with Crippen molar-refractivity contribution in [3.8, 4) is 11.5 Å². The summed E-state index contributed by atoms with van der Waals surface area (Å²) in [5.74, 6) is 1.32. The minimum Gasteiger partial charge on any atom is -0.497 e. The largest absolute Gasteiger partial charge is 0.497 e. The monoisotopic (exact) mass is 426 g/mol. The summed E-state index contributed by atoms with van der Waals surface area (Å²) in [6.45, 7) is 7.24. The van der Waals surface area contributed by atoms with Gasteiger partial charge in [-0.1, -0.05) is 36.8 Å². The van der Waals surface area contributed by atoms with Crippen LogP contribution in [0.1, 0.15) is 44.2 Å². The van der Waals surface area contributed by atoms with Crippen LogP contribution >= 0.6 is 0 Å². The number of methoxy groups -OCH3 is 1. The van der Waals surface area contributed by atoms with E-state index >= 15 is 0 Å². The summed E-state index contributed by atoms with van der Waals surface area (Å²) in [5.41, 5.74) is 2.16. The van der Waals surface area contributed by atoms with E-state index in [0.717, 1.165) is 29.0 Å². The summed E-state index contributed by atoms with van der Waals surface area (Å²) >= 11 is 0. The van der Waals surface area contributed by atoms with Gasteiger partial charge in [0.05, 0.1) is 13.7 Å². The van der Waals surface area contributed by atoms with Crippen LogP contribution in [-0.4, -0.2) is 43.0 Å². The minimum absolute atomic E-state index is 0.0574. The van der Waals surface area contributed by atoms with Crippen LogP contribution in [0.4, 0.5) is 0 Å². The first-order valence-electron chi connectivity index (χ1n) is 10.8. The molecule has 0 radical (unpaired) electrons. The van der Waals surface area contributed by atoms with Crippen molar-refractivity contribution < 1.29 is 19.1 Å². The number of hydrogen-bond acceptors (Lipinski definition) is 4. The smallest absolute Gasteiger partial charge is 0.242 e. The predicted octanol–water partition coefficient (Wildman–Crippen LogP) is 4.11. The molecule has 0 bridgehead atoms. The summed E-state index contributed by atoms with van der Waals surface area (Å²) in [7, 11) is 1.62. The summed E-state index contributed by atoms with van der Waals surface area (Å²) < 4.78 is 10.9. The number of amides is 2. The molecule has 0 aliphatic rings. The summed E-state index contributed by atoms with van der Waals surface area (Å²) in [5, 5.41) is 2.89. The van der Waals surface area contributed by atoms with Crippen LogP contribution in [0.5, 0.6) is 11.5 Å². The molecular weight excluding hydrogens is 392 g/mol. The number of carbonyl (C=O) groups is 2. The Labute approximate surface area is 185 Å². The molecule has 0 aliphatic carbocycles. The van der Waals surface area contributed by atoms with E-state index < -0.39 is 6.04 Å². The molecule has 0 saturated heterocycles. The van der Waals surface area contributed by atoms with E-state index in [0.29, 0.717) is 32.5 Å². The molecule has 168 valence electrons. The van der Waals surface area contributed by atoms with Crippen LogP contribution in [0.3, 0.4) is 0 Å². The van der Waals surface area contributed by atoms with E-state index in [1.807, 2.05) is 62.4 Å². The average molecular weight is 427 g/mol. The van der Waals surface area contributed by atoms with Crippen LogP contribution in [0.15, 0.2) is 48.5 Å². The molecule has 0 heterocycles. The zero-order valence-electron chi connectivity index (χ0n) is 19.0. The van der Waals surface area contributed by atoms with Crippen molar-refractivity contribution in [2.75, 3.05) is 20.3 Å². The van der Waals surface area contributed by atoms with Gasteiger partial charge < -0.3 is 19.7 Å². The Balaban J connectivity index is 1.95. The molecule has 0 saturated carbocycles. The molecule has 0 aromatic heterocycles. The predicted molar refractivity (Wildman–Crippen MR) is 122 cm³/mol. The van der Waals surface area contributed by atoms with Crippen molar-refractivity contribution in [3.63, 3.8) is 0 Å². The Bertz CT molecular complexity index is 818. The maximum Gasteiger partial charge on any atom is 0.242 e. The summed E-state index contributed by atoms with van der Waals surface area (Å²) in [6, 6.07) is 14.8. The Morgan fingerprint density at radius 2 is 1.68 bits per heavy atom. The molecule has 2 rings (SSSR count). The second-order valence-corrected chi connectivity index (χ2v) is 7.60. The van der Waals surface area contributed by atoms with Crippen molar-refractivity contribution in [3.05, 3.63) is 59.7 Å². The van der Waals surface area contributed by atoms with Gasteiger partial charge in [-0.25, -0.2) is 0 Å². The van der Waals surface area contributed by atoms with E-state index in [2.05, 4.69) is 5.32 Å². The molecule has 2 aromatic rings. The number of ether oxygens (including phenoxy) is 2. The highest BCUT2D eigenvalue weighted by molar-refractivity contribution is 5.87. The van der Waals surface area contributed by atoms with Gasteiger partial charge in [-0.2, -0.15) is 0 Å². The topological polar surface area (TPSA) is 67.9 Å². The Hall–Kier alpha value is -3.02. The number of hydrogen-bond donors (Lipinski definition) is 1. The standard InChI is InChI=1S/C25H34N2O4/c1-5-16-26-25(29)20(3)27(18-21-10-8-19(2)9-11-21)24(28)7-6-17-31-23-14-12-22(30-4)13-15-23/h8-15,20H,5-7,16-18H2,1-4H3,(H,26,29)/t20-/m1/s1. The van der Waals surface area contributed by atoms with Crippen LogP contribution in [0, 0.1) is 6.92 Å². The second kappa shape index (κ2) is 12.6. The summed E-state index contributed by atoms with van der Waals surface area (Å²) in [6.07, 6.45) is 1.74. The lowest BCUT2D eigenvalue weighted by molar-refractivity contribution is -0.140. The quantitative estimate of drug-likeness (QED) is 0.519. The number of nitrogens with one attached hydrogen (secondary N) is 1. The third kappa shape index (κ3) is 7.96. The average Bonchev–Trinajstić information content (AvgIpc) is 2.79. The molecule has 0 fully saturated rings. The lowest BCUT2D eigenvalue weighted by Crippen LogP contribution is -2.47. The number of aryl methyl sites for hydroxylation is 1. The minimum atomic E-state index is -0.539. The lowest BCUT2D eigenvalue weighted by Gasteiger charge is -2.29. The van der Waals surface area contributed by atoms with E-state index in [4.69, 9.17) is 9.47 Å². The van der Waals surface area contributed by atoms with Gasteiger partial charge in [0.15, 0.2) is 0 Å². The van der Waals surface area contributed by atoms with Gasteiger partial charge >= 0.3 is 0 Å². The highest BCUT2D eigenvalue weighted by Crippen LogP contribution is 2.18. The number of benzene rings is 2. The van der Waals surface area contributed by atoms with Crippen LogP contribution in [0.25, 0.3) is 0 Å². The first-order valence-corrected chi connectivity index (χ1v) is 10.8. The fourth-order valence-corrected chi connectivity index (χ4v) is 3.10. The SMILES string of the molecule is CCCNC(=O)[C@@H](C)N(Cc1ccc(C)cc1)C(=O)CCCOc1ccc(OC)cc1. The number of nitrogens with zero attached hydrogens (tertiary/aromatic N) is 1. The first kappa shape index (κ1) is 24.3. The zero-order chi connectivity index (χ0) is 22.6. The lowest BCUT2D eigenvalue weighted by atomic mass is 10.1. The molecule has 31 heavy (non-hydrogen) atoms. The molecule has 2 aromatic carbocycles. The van der Waals surface area contributed by atoms with Gasteiger partial charge in [-0.15, -0.1) is 0 Å². The first-order chi connectivity index (χ1) is 14.9. The van der Waals surface area contributed by atoms with E-state index in [-0.39, 0.29) is 11.8 Å². The molecular formula is C25H34N2O4. The van der Waals surface area contributed by atoms with Gasteiger partial charge in [0.2, 0.25) is 11.8 Å². The van der Waals surface area contributed by atoms with Crippen LogP contribution in [-0.2, 0) is 16.1 Å². The molecule has 2 amide bonds. The van der Waals surface area contributed by atoms with Crippen LogP contribution < -0.4 is 14.8 Å². The van der Waals surface area contributed by atoms with Crippen LogP contribution in [0.2, 0.25) is 0 Å². The van der Waals surface area contributed by atoms with Crippen molar-refractivity contribution in [1.29, 1.82) is 0 Å². The molecule has 1 atom stereocenters. The second-order valence-electron chi connectivity index (χ2n) is 7.60. The Morgan fingerprint density at radius 1 is 1.03 bits per heavy atom. The number of carbonyl (C=O) groups excluding carboxylic acids is 2. The molecule has 6 heteroatoms. The van der Waals surface area contributed by atoms with Gasteiger partial charge in [0.25, 0.3) is 0 Å². The van der Waals surface area contributed by atoms with Crippen molar-refractivity contribution >= 4 is 11.8 Å². The third-order valence-corrected chi connectivity index (χ3v) is 5.05. The normalized spacial score (nSPS) is 11.5. The van der Waals surface area contributed by atoms with Gasteiger partial charge in [-0.05, 0) is 56.5 Å². The fourth-order valence-electron chi connectivity index (χ4n) is 3.10. The molecule has 1 N–H and O–H groups in total. The number of rotatable bonds is 12. The maximum atomic E-state index is 13.0. The van der Waals surface area contributed by atoms with Gasteiger partial charge in [0, 0.05) is 19.5 Å². The zero-order valence-corrected chi connectivity index (χ0v) is 19.0. The molecule has 6 nitrogen and oxygen atoms in total. The highest BCUT2D eigenvalue weighted by atomic mass is 16.5. The van der Waals surface area contributed by atoms with E-state index in [9.17, 15) is 9.59 Å². The Kier molecular flexibility index (Phi) is 9.88. The Morgan fingerprint density at radius 3 is 2.29 bits per heavy atom. The molecule has 0 unspecified atom stereocenters. The van der Waals surface area contributed by atoms with E-state index in [1.165, 1.54) is 0 Å². The summed E-state index contributed by atoms with van der Waals surface area (Å²) in [4.78, 5) is 27.2. The van der Waals surface area contributed by atoms with Gasteiger partial charge in [-0.3, -0.25) is 9.59 Å². The molecule has 0 spiro atoms. The van der Waals surface area contributed by atoms with Crippen molar-refractivity contribution in [2.24, 2.45) is 0 Å². The van der Waals surface area contributed by atoms with Gasteiger partial charge in [0.1, 0.15) is 17.5 Å². The fraction of sp³-hybridized carbons (Fsp3) is 0.440. The maximum absolute atomic E-state index is 13.0. The third-order valence-electron chi connectivity index (χ3n) is 5.05. The van der Waals surface area contributed by atoms with Crippen molar-refractivity contribution in [1.82, 2.24) is 10.2 Å².